The number of carbonyl (C=O) groups is 1. The van der Waals surface area contributed by atoms with Gasteiger partial charge in [-0.3, -0.25) is 4.79 Å². The van der Waals surface area contributed by atoms with E-state index < -0.39 is 0 Å². The number of Topliss-reactive ketones (excluding diaryl/α,β-unsaturated/α-hetero) is 1. The minimum absolute atomic E-state index is 0.0561. The molecule has 1 heterocycles. The number of aromatic amines is 1. The molecule has 0 radical (unpaired) electrons. The van der Waals surface area contributed by atoms with Gasteiger partial charge in [0.25, 0.3) is 0 Å². The topological polar surface area (TPSA) is 55.0 Å². The zero-order valence-electron chi connectivity index (χ0n) is 15.3. The number of ketones is 1. The highest BCUT2D eigenvalue weighted by Gasteiger charge is 2.14. The highest BCUT2D eigenvalue weighted by atomic mass is 16.5. The molecular formula is C23H20N2O2. The number of H-pyrrole nitrogens is 1. The van der Waals surface area contributed by atoms with Gasteiger partial charge in [-0.2, -0.15) is 0 Å². The lowest BCUT2D eigenvalue weighted by molar-refractivity contribution is 0.0992. The monoisotopic (exact) mass is 356 g/mol. The van der Waals surface area contributed by atoms with Crippen LogP contribution in [-0.4, -0.2) is 22.9 Å². The lowest BCUT2D eigenvalue weighted by Crippen LogP contribution is -2.06. The van der Waals surface area contributed by atoms with Crippen LogP contribution in [0.2, 0.25) is 0 Å². The number of methoxy groups -OCH3 is 1. The van der Waals surface area contributed by atoms with E-state index in [-0.39, 0.29) is 5.78 Å². The second kappa shape index (κ2) is 7.08. The van der Waals surface area contributed by atoms with E-state index in [1.54, 1.807) is 13.2 Å². The quantitative estimate of drug-likeness (QED) is 0.514. The normalized spacial score (nSPS) is 10.9. The highest BCUT2D eigenvalue weighted by molar-refractivity contribution is 5.99. The van der Waals surface area contributed by atoms with Gasteiger partial charge in [-0.15, -0.1) is 0 Å². The summed E-state index contributed by atoms with van der Waals surface area (Å²) in [7, 11) is 1.61. The second-order valence-electron chi connectivity index (χ2n) is 6.60. The first kappa shape index (κ1) is 17.0. The Morgan fingerprint density at radius 2 is 1.81 bits per heavy atom. The molecule has 4 rings (SSSR count). The van der Waals surface area contributed by atoms with Crippen LogP contribution in [0, 0.1) is 6.92 Å². The van der Waals surface area contributed by atoms with Crippen molar-refractivity contribution in [1.82, 2.24) is 9.97 Å². The van der Waals surface area contributed by atoms with Crippen LogP contribution in [0.4, 0.5) is 0 Å². The van der Waals surface area contributed by atoms with Gasteiger partial charge in [0.05, 0.1) is 18.1 Å². The summed E-state index contributed by atoms with van der Waals surface area (Å²) in [6, 6.07) is 21.4. The van der Waals surface area contributed by atoms with Crippen molar-refractivity contribution in [3.63, 3.8) is 0 Å². The summed E-state index contributed by atoms with van der Waals surface area (Å²) in [5.41, 5.74) is 5.45. The minimum atomic E-state index is 0.0561. The number of rotatable bonds is 5. The Labute approximate surface area is 157 Å². The fourth-order valence-corrected chi connectivity index (χ4v) is 3.29. The molecule has 0 spiro atoms. The molecule has 0 saturated heterocycles. The van der Waals surface area contributed by atoms with Crippen molar-refractivity contribution in [2.24, 2.45) is 0 Å². The molecule has 134 valence electrons. The number of hydrogen-bond acceptors (Lipinski definition) is 3. The minimum Gasteiger partial charge on any atom is -0.497 e. The van der Waals surface area contributed by atoms with E-state index in [1.165, 1.54) is 0 Å². The molecule has 0 aliphatic rings. The third-order valence-corrected chi connectivity index (χ3v) is 4.62. The largest absolute Gasteiger partial charge is 0.497 e. The molecule has 1 N–H and O–H groups in total. The Morgan fingerprint density at radius 3 is 2.63 bits per heavy atom. The van der Waals surface area contributed by atoms with E-state index in [1.807, 2.05) is 67.6 Å². The lowest BCUT2D eigenvalue weighted by Gasteiger charge is -2.09. The first-order chi connectivity index (χ1) is 13.1. The van der Waals surface area contributed by atoms with E-state index in [4.69, 9.17) is 4.74 Å². The van der Waals surface area contributed by atoms with E-state index in [2.05, 4.69) is 9.97 Å². The predicted octanol–water partition coefficient (Wildman–Crippen LogP) is 4.97. The van der Waals surface area contributed by atoms with Crippen LogP contribution < -0.4 is 4.74 Å². The zero-order valence-corrected chi connectivity index (χ0v) is 15.3. The molecule has 4 heteroatoms. The van der Waals surface area contributed by atoms with E-state index >= 15 is 0 Å². The molecule has 4 aromatic rings. The molecule has 3 aromatic carbocycles. The standard InChI is InChI=1S/C23H20N2O2/c1-15-11-17(13-18(12-15)27-2)22(26)14-16-7-3-4-8-19(16)23-24-20-9-5-6-10-21(20)25-23/h3-13H,14H2,1-2H3,(H,24,25). The van der Waals surface area contributed by atoms with Crippen LogP contribution in [0.1, 0.15) is 21.5 Å². The Bertz CT molecular complexity index is 1100. The molecule has 0 unspecified atom stereocenters. The van der Waals surface area contributed by atoms with Gasteiger partial charge in [-0.05, 0) is 48.4 Å². The smallest absolute Gasteiger partial charge is 0.167 e. The molecule has 0 bridgehead atoms. The molecule has 4 nitrogen and oxygen atoms in total. The van der Waals surface area contributed by atoms with Crippen molar-refractivity contribution in [1.29, 1.82) is 0 Å². The van der Waals surface area contributed by atoms with Crippen molar-refractivity contribution in [2.45, 2.75) is 13.3 Å². The third-order valence-electron chi connectivity index (χ3n) is 4.62. The van der Waals surface area contributed by atoms with Crippen LogP contribution in [-0.2, 0) is 6.42 Å². The summed E-state index contributed by atoms with van der Waals surface area (Å²) in [5, 5.41) is 0. The van der Waals surface area contributed by atoms with Crippen LogP contribution in [0.15, 0.2) is 66.7 Å². The molecule has 0 amide bonds. The van der Waals surface area contributed by atoms with E-state index in [0.29, 0.717) is 17.7 Å². The van der Waals surface area contributed by atoms with Gasteiger partial charge >= 0.3 is 0 Å². The van der Waals surface area contributed by atoms with Gasteiger partial charge in [-0.1, -0.05) is 36.4 Å². The number of nitrogens with one attached hydrogen (secondary N) is 1. The number of aryl methyl sites for hydroxylation is 1. The summed E-state index contributed by atoms with van der Waals surface area (Å²) >= 11 is 0. The number of ether oxygens (including phenoxy) is 1. The van der Waals surface area contributed by atoms with Crippen LogP contribution in [0.3, 0.4) is 0 Å². The lowest BCUT2D eigenvalue weighted by atomic mass is 9.97. The van der Waals surface area contributed by atoms with Crippen LogP contribution >= 0.6 is 0 Å². The SMILES string of the molecule is COc1cc(C)cc(C(=O)Cc2ccccc2-c2nc3ccccc3[nH]2)c1. The number of para-hydroxylation sites is 2. The average Bonchev–Trinajstić information content (AvgIpc) is 3.12. The summed E-state index contributed by atoms with van der Waals surface area (Å²) < 4.78 is 5.30. The Morgan fingerprint density at radius 1 is 1.04 bits per heavy atom. The van der Waals surface area contributed by atoms with Crippen molar-refractivity contribution < 1.29 is 9.53 Å². The first-order valence-electron chi connectivity index (χ1n) is 8.86. The molecule has 0 aliphatic carbocycles. The van der Waals surface area contributed by atoms with Gasteiger partial charge in [-0.25, -0.2) is 4.98 Å². The maximum absolute atomic E-state index is 12.9. The maximum Gasteiger partial charge on any atom is 0.167 e. The molecule has 0 aliphatic heterocycles. The Kier molecular flexibility index (Phi) is 4.47. The van der Waals surface area contributed by atoms with Gasteiger partial charge < -0.3 is 9.72 Å². The second-order valence-corrected chi connectivity index (χ2v) is 6.60. The molecule has 0 saturated carbocycles. The van der Waals surface area contributed by atoms with E-state index in [9.17, 15) is 4.79 Å². The highest BCUT2D eigenvalue weighted by Crippen LogP contribution is 2.26. The summed E-state index contributed by atoms with van der Waals surface area (Å²) in [6.45, 7) is 1.96. The molecule has 0 fully saturated rings. The molecular weight excluding hydrogens is 336 g/mol. The molecule has 27 heavy (non-hydrogen) atoms. The number of carbonyl (C=O) groups excluding carboxylic acids is 1. The van der Waals surface area contributed by atoms with Crippen LogP contribution in [0.25, 0.3) is 22.4 Å². The number of hydrogen-bond donors (Lipinski definition) is 1. The molecule has 1 aromatic heterocycles. The molecule has 0 atom stereocenters. The van der Waals surface area contributed by atoms with Gasteiger partial charge in [0.2, 0.25) is 0 Å². The van der Waals surface area contributed by atoms with Crippen molar-refractivity contribution in [2.75, 3.05) is 7.11 Å². The number of aromatic nitrogens is 2. The maximum atomic E-state index is 12.9. The first-order valence-corrected chi connectivity index (χ1v) is 8.86. The number of nitrogens with zero attached hydrogens (tertiary/aromatic N) is 1. The van der Waals surface area contributed by atoms with Gasteiger partial charge in [0.15, 0.2) is 5.78 Å². The number of benzene rings is 3. The average molecular weight is 356 g/mol. The predicted molar refractivity (Wildman–Crippen MR) is 107 cm³/mol. The number of fused-ring (bicyclic) bond motifs is 1. The fourth-order valence-electron chi connectivity index (χ4n) is 3.29. The van der Waals surface area contributed by atoms with Gasteiger partial charge in [0, 0.05) is 17.5 Å². The van der Waals surface area contributed by atoms with Crippen molar-refractivity contribution in [3.05, 3.63) is 83.4 Å². The van der Waals surface area contributed by atoms with Crippen molar-refractivity contribution in [3.8, 4) is 17.1 Å². The summed E-state index contributed by atoms with van der Waals surface area (Å²) in [4.78, 5) is 20.9. The Hall–Kier alpha value is -3.40. The Balaban J connectivity index is 1.69. The van der Waals surface area contributed by atoms with Gasteiger partial charge in [0.1, 0.15) is 11.6 Å². The van der Waals surface area contributed by atoms with Crippen molar-refractivity contribution >= 4 is 16.8 Å². The zero-order chi connectivity index (χ0) is 18.8. The van der Waals surface area contributed by atoms with Crippen LogP contribution in [0.5, 0.6) is 5.75 Å². The number of imidazole rings is 1. The fraction of sp³-hybridized carbons (Fsp3) is 0.130. The third kappa shape index (κ3) is 3.47. The summed E-state index contributed by atoms with van der Waals surface area (Å²) in [5.74, 6) is 1.53. The summed E-state index contributed by atoms with van der Waals surface area (Å²) in [6.07, 6.45) is 0.305. The van der Waals surface area contributed by atoms with E-state index in [0.717, 1.165) is 33.5 Å².